The number of nitrogens with zero attached hydrogens (tertiary/aromatic N) is 2. The summed E-state index contributed by atoms with van der Waals surface area (Å²) in [6.45, 7) is 8.09. The van der Waals surface area contributed by atoms with Gasteiger partial charge < -0.3 is 15.0 Å². The molecule has 1 unspecified atom stereocenters. The summed E-state index contributed by atoms with van der Waals surface area (Å²) < 4.78 is 34.6. The molecule has 0 aliphatic carbocycles. The van der Waals surface area contributed by atoms with Crippen molar-refractivity contribution in [2.24, 2.45) is 5.92 Å². The van der Waals surface area contributed by atoms with Crippen molar-refractivity contribution in [3.63, 3.8) is 0 Å². The van der Waals surface area contributed by atoms with Gasteiger partial charge in [-0.15, -0.1) is 11.8 Å². The van der Waals surface area contributed by atoms with Crippen molar-refractivity contribution in [3.8, 4) is 5.75 Å². The van der Waals surface area contributed by atoms with Crippen molar-refractivity contribution < 1.29 is 22.7 Å². The molecule has 0 radical (unpaired) electrons. The van der Waals surface area contributed by atoms with Crippen LogP contribution in [0.5, 0.6) is 5.75 Å². The number of nitrogens with one attached hydrogen (secondary N) is 1. The highest BCUT2D eigenvalue weighted by Crippen LogP contribution is 2.28. The molecule has 1 N–H and O–H groups in total. The van der Waals surface area contributed by atoms with Crippen molar-refractivity contribution in [2.45, 2.75) is 50.1 Å². The monoisotopic (exact) mass is 597 g/mol. The Bertz CT molecular complexity index is 1380. The zero-order valence-electron chi connectivity index (χ0n) is 24.2. The number of carbonyl (C=O) groups is 2. The molecule has 2 amide bonds. The Hall–Kier alpha value is -3.50. The van der Waals surface area contributed by atoms with Crippen LogP contribution in [0.2, 0.25) is 0 Å². The smallest absolute Gasteiger partial charge is 0.264 e. The first-order chi connectivity index (χ1) is 19.6. The first-order valence-corrected chi connectivity index (χ1v) is 16.2. The van der Waals surface area contributed by atoms with E-state index >= 15 is 0 Å². The molecule has 0 aliphatic rings. The molecule has 0 heterocycles. The molecular formula is C31H39N3O5S2. The molecule has 0 aliphatic heterocycles. The molecule has 8 nitrogen and oxygen atoms in total. The van der Waals surface area contributed by atoms with Crippen molar-refractivity contribution in [3.05, 3.63) is 84.4 Å². The fourth-order valence-electron chi connectivity index (χ4n) is 4.09. The van der Waals surface area contributed by atoms with Gasteiger partial charge in [-0.1, -0.05) is 44.2 Å². The molecular weight excluding hydrogens is 558 g/mol. The molecule has 0 saturated carbocycles. The molecule has 3 rings (SSSR count). The predicted molar refractivity (Wildman–Crippen MR) is 165 cm³/mol. The van der Waals surface area contributed by atoms with Gasteiger partial charge in [-0.25, -0.2) is 8.42 Å². The highest BCUT2D eigenvalue weighted by molar-refractivity contribution is 7.98. The third-order valence-corrected chi connectivity index (χ3v) is 8.94. The maximum absolute atomic E-state index is 14.0. The zero-order chi connectivity index (χ0) is 30.0. The average molecular weight is 598 g/mol. The molecule has 41 heavy (non-hydrogen) atoms. The summed E-state index contributed by atoms with van der Waals surface area (Å²) in [4.78, 5) is 29.5. The summed E-state index contributed by atoms with van der Waals surface area (Å²) >= 11 is 1.51. The number of amides is 2. The van der Waals surface area contributed by atoms with E-state index in [-0.39, 0.29) is 23.3 Å². The number of hydrogen-bond donors (Lipinski definition) is 1. The second-order valence-electron chi connectivity index (χ2n) is 9.94. The molecule has 0 spiro atoms. The molecule has 0 bridgehead atoms. The van der Waals surface area contributed by atoms with Gasteiger partial charge in [0.15, 0.2) is 0 Å². The summed E-state index contributed by atoms with van der Waals surface area (Å²) in [6, 6.07) is 21.6. The standard InChI is InChI=1S/C31H39N3O5S2/c1-6-39-27-14-12-26(13-15-27)34(41(37,38)29-18-16-28(40-5)17-19-29)22-30(35)33(21-25-10-8-7-9-11-25)24(4)31(36)32-20-23(2)3/h7-19,23-24H,6,20-22H2,1-5H3,(H,32,36). The van der Waals surface area contributed by atoms with Crippen LogP contribution in [0.15, 0.2) is 88.7 Å². The van der Waals surface area contributed by atoms with Crippen LogP contribution in [0, 0.1) is 5.92 Å². The van der Waals surface area contributed by atoms with Crippen LogP contribution in [-0.4, -0.2) is 57.1 Å². The van der Waals surface area contributed by atoms with Gasteiger partial charge in [-0.2, -0.15) is 0 Å². The number of anilines is 1. The van der Waals surface area contributed by atoms with Gasteiger partial charge in [-0.05, 0) is 80.1 Å². The maximum atomic E-state index is 14.0. The van der Waals surface area contributed by atoms with Gasteiger partial charge in [0.25, 0.3) is 10.0 Å². The van der Waals surface area contributed by atoms with Crippen LogP contribution in [0.4, 0.5) is 5.69 Å². The molecule has 3 aromatic rings. The highest BCUT2D eigenvalue weighted by Gasteiger charge is 2.32. The Morgan fingerprint density at radius 3 is 2.12 bits per heavy atom. The summed E-state index contributed by atoms with van der Waals surface area (Å²) in [6.07, 6.45) is 1.91. The normalized spacial score (nSPS) is 12.0. The van der Waals surface area contributed by atoms with E-state index in [2.05, 4.69) is 5.32 Å². The first-order valence-electron chi connectivity index (χ1n) is 13.6. The van der Waals surface area contributed by atoms with Gasteiger partial charge in [0.05, 0.1) is 17.2 Å². The largest absolute Gasteiger partial charge is 0.494 e. The highest BCUT2D eigenvalue weighted by atomic mass is 32.2. The fourth-order valence-corrected chi connectivity index (χ4v) is 5.92. The average Bonchev–Trinajstić information content (AvgIpc) is 2.98. The summed E-state index contributed by atoms with van der Waals surface area (Å²) in [5, 5.41) is 2.89. The van der Waals surface area contributed by atoms with Crippen molar-refractivity contribution in [1.82, 2.24) is 10.2 Å². The van der Waals surface area contributed by atoms with Gasteiger partial charge in [0.2, 0.25) is 11.8 Å². The van der Waals surface area contributed by atoms with Crippen LogP contribution < -0.4 is 14.4 Å². The zero-order valence-corrected chi connectivity index (χ0v) is 25.9. The molecule has 0 saturated heterocycles. The lowest BCUT2D eigenvalue weighted by Crippen LogP contribution is -2.51. The van der Waals surface area contributed by atoms with Gasteiger partial charge in [-0.3, -0.25) is 13.9 Å². The molecule has 1 atom stereocenters. The topological polar surface area (TPSA) is 96.0 Å². The molecule has 10 heteroatoms. The van der Waals surface area contributed by atoms with Gasteiger partial charge in [0, 0.05) is 18.0 Å². The van der Waals surface area contributed by atoms with E-state index in [1.54, 1.807) is 43.3 Å². The fraction of sp³-hybridized carbons (Fsp3) is 0.355. The van der Waals surface area contributed by atoms with E-state index in [0.29, 0.717) is 24.6 Å². The van der Waals surface area contributed by atoms with Crippen LogP contribution in [0.1, 0.15) is 33.3 Å². The molecule has 220 valence electrons. The molecule has 3 aromatic carbocycles. The van der Waals surface area contributed by atoms with E-state index in [4.69, 9.17) is 4.74 Å². The number of hydrogen-bond acceptors (Lipinski definition) is 6. The number of thioether (sulfide) groups is 1. The Morgan fingerprint density at radius 1 is 0.927 bits per heavy atom. The lowest BCUT2D eigenvalue weighted by molar-refractivity contribution is -0.139. The number of carbonyl (C=O) groups excluding carboxylic acids is 2. The maximum Gasteiger partial charge on any atom is 0.264 e. The second-order valence-corrected chi connectivity index (χ2v) is 12.7. The van der Waals surface area contributed by atoms with Gasteiger partial charge in [0.1, 0.15) is 18.3 Å². The van der Waals surface area contributed by atoms with E-state index in [1.807, 2.05) is 57.4 Å². The Morgan fingerprint density at radius 2 is 1.56 bits per heavy atom. The SMILES string of the molecule is CCOc1ccc(N(CC(=O)N(Cc2ccccc2)C(C)C(=O)NCC(C)C)S(=O)(=O)c2ccc(SC)cc2)cc1. The summed E-state index contributed by atoms with van der Waals surface area (Å²) in [5.41, 5.74) is 1.14. The number of benzene rings is 3. The van der Waals surface area contributed by atoms with E-state index in [9.17, 15) is 18.0 Å². The Kier molecular flexibility index (Phi) is 11.7. The van der Waals surface area contributed by atoms with Crippen LogP contribution in [0.3, 0.4) is 0 Å². The Labute approximate surface area is 248 Å². The van der Waals surface area contributed by atoms with Crippen molar-refractivity contribution in [2.75, 3.05) is 30.3 Å². The Balaban J connectivity index is 2.00. The number of rotatable bonds is 14. The minimum atomic E-state index is -4.14. The first kappa shape index (κ1) is 32.0. The van der Waals surface area contributed by atoms with E-state index < -0.39 is 28.5 Å². The van der Waals surface area contributed by atoms with Crippen LogP contribution >= 0.6 is 11.8 Å². The minimum Gasteiger partial charge on any atom is -0.494 e. The number of sulfonamides is 1. The van der Waals surface area contributed by atoms with Gasteiger partial charge >= 0.3 is 0 Å². The third-order valence-electron chi connectivity index (χ3n) is 6.41. The lowest BCUT2D eigenvalue weighted by Gasteiger charge is -2.32. The van der Waals surface area contributed by atoms with E-state index in [1.165, 1.54) is 28.8 Å². The second kappa shape index (κ2) is 14.9. The third kappa shape index (κ3) is 8.74. The quantitative estimate of drug-likeness (QED) is 0.257. The van der Waals surface area contributed by atoms with E-state index in [0.717, 1.165) is 14.8 Å². The van der Waals surface area contributed by atoms with Crippen molar-refractivity contribution in [1.29, 1.82) is 0 Å². The molecule has 0 fully saturated rings. The lowest BCUT2D eigenvalue weighted by atomic mass is 10.1. The minimum absolute atomic E-state index is 0.0642. The summed E-state index contributed by atoms with van der Waals surface area (Å²) in [5.74, 6) is 0.0259. The number of ether oxygens (including phenoxy) is 1. The van der Waals surface area contributed by atoms with Crippen molar-refractivity contribution >= 4 is 39.3 Å². The molecule has 0 aromatic heterocycles. The summed E-state index contributed by atoms with van der Waals surface area (Å²) in [7, 11) is -4.14. The predicted octanol–water partition coefficient (Wildman–Crippen LogP) is 5.19. The van der Waals surface area contributed by atoms with Crippen LogP contribution in [-0.2, 0) is 26.2 Å². The van der Waals surface area contributed by atoms with Crippen LogP contribution in [0.25, 0.3) is 0 Å².